The van der Waals surface area contributed by atoms with Crippen molar-refractivity contribution in [3.05, 3.63) is 88.7 Å². The van der Waals surface area contributed by atoms with E-state index in [0.717, 1.165) is 11.1 Å². The Kier molecular flexibility index (Phi) is 5.27. The smallest absolute Gasteiger partial charge is 0.125 e. The summed E-state index contributed by atoms with van der Waals surface area (Å²) in [6.07, 6.45) is 3.15. The van der Waals surface area contributed by atoms with Gasteiger partial charge in [-0.2, -0.15) is 0 Å². The Balaban J connectivity index is 1.82. The van der Waals surface area contributed by atoms with Crippen LogP contribution in [-0.2, 0) is 0 Å². The molecule has 0 spiro atoms. The first-order valence-electron chi connectivity index (χ1n) is 8.09. The molecular weight excluding hydrogens is 332 g/mol. The van der Waals surface area contributed by atoms with Gasteiger partial charge in [-0.05, 0) is 61.4 Å². The van der Waals surface area contributed by atoms with E-state index in [9.17, 15) is 8.78 Å². The lowest BCUT2D eigenvalue weighted by molar-refractivity contribution is 0.627. The Hall–Kier alpha value is -3.21. The Morgan fingerprint density at radius 3 is 1.65 bits per heavy atom. The third-order valence-electron chi connectivity index (χ3n) is 3.81. The van der Waals surface area contributed by atoms with E-state index in [0.29, 0.717) is 22.8 Å². The zero-order valence-corrected chi connectivity index (χ0v) is 14.4. The maximum absolute atomic E-state index is 13.3. The second-order valence-electron chi connectivity index (χ2n) is 5.87. The molecule has 0 bridgehead atoms. The Bertz CT molecular complexity index is 918. The van der Waals surface area contributed by atoms with Crippen molar-refractivity contribution in [3.8, 4) is 0 Å². The van der Waals surface area contributed by atoms with Gasteiger partial charge in [-0.15, -0.1) is 0 Å². The van der Waals surface area contributed by atoms with Crippen LogP contribution in [0.3, 0.4) is 0 Å². The third-order valence-corrected chi connectivity index (χ3v) is 3.81. The zero-order valence-electron chi connectivity index (χ0n) is 14.4. The molecule has 2 aromatic carbocycles. The van der Waals surface area contributed by atoms with Crippen molar-refractivity contribution in [1.29, 1.82) is 0 Å². The Labute approximate surface area is 150 Å². The number of hydrogen-bond acceptors (Lipinski definition) is 3. The standard InChI is InChI=1S/C21H17F2N3/c1-14-6-8-16(22)10-20(14)24-12-18-4-3-5-19(26-18)13-25-21-11-17(23)9-7-15(21)2/h3-13H,1-2H3. The lowest BCUT2D eigenvalue weighted by Gasteiger charge is -2.01. The molecule has 0 amide bonds. The van der Waals surface area contributed by atoms with Gasteiger partial charge >= 0.3 is 0 Å². The third kappa shape index (κ3) is 4.45. The average Bonchev–Trinajstić information content (AvgIpc) is 2.63. The summed E-state index contributed by atoms with van der Waals surface area (Å²) in [7, 11) is 0. The molecule has 0 atom stereocenters. The minimum atomic E-state index is -0.331. The second kappa shape index (κ2) is 7.78. The molecule has 0 aliphatic carbocycles. The Morgan fingerprint density at radius 1 is 0.731 bits per heavy atom. The SMILES string of the molecule is Cc1ccc(F)cc1N=Cc1cccc(C=Nc2cc(F)ccc2C)n1. The molecular formula is C21H17F2N3. The maximum atomic E-state index is 13.3. The van der Waals surface area contributed by atoms with E-state index < -0.39 is 0 Å². The fourth-order valence-corrected chi connectivity index (χ4v) is 2.33. The average molecular weight is 349 g/mol. The summed E-state index contributed by atoms with van der Waals surface area (Å²) in [5.41, 5.74) is 4.11. The number of aryl methyl sites for hydroxylation is 2. The largest absolute Gasteiger partial charge is 0.254 e. The van der Waals surface area contributed by atoms with Crippen molar-refractivity contribution in [1.82, 2.24) is 4.98 Å². The van der Waals surface area contributed by atoms with Gasteiger partial charge in [0.1, 0.15) is 11.6 Å². The van der Waals surface area contributed by atoms with Crippen LogP contribution in [0.25, 0.3) is 0 Å². The van der Waals surface area contributed by atoms with E-state index in [-0.39, 0.29) is 11.6 Å². The zero-order chi connectivity index (χ0) is 18.5. The lowest BCUT2D eigenvalue weighted by atomic mass is 10.2. The molecule has 3 aromatic rings. The topological polar surface area (TPSA) is 37.6 Å². The molecule has 0 N–H and O–H groups in total. The first-order chi connectivity index (χ1) is 12.5. The fourth-order valence-electron chi connectivity index (χ4n) is 2.33. The van der Waals surface area contributed by atoms with Crippen molar-refractivity contribution in [2.45, 2.75) is 13.8 Å². The highest BCUT2D eigenvalue weighted by atomic mass is 19.1. The normalized spacial score (nSPS) is 11.5. The summed E-state index contributed by atoms with van der Waals surface area (Å²) in [5, 5.41) is 0. The van der Waals surface area contributed by atoms with Gasteiger partial charge in [0.25, 0.3) is 0 Å². The van der Waals surface area contributed by atoms with E-state index in [1.54, 1.807) is 36.7 Å². The van der Waals surface area contributed by atoms with Crippen molar-refractivity contribution >= 4 is 23.8 Å². The van der Waals surface area contributed by atoms with Crippen LogP contribution in [-0.4, -0.2) is 17.4 Å². The van der Waals surface area contributed by atoms with Crippen molar-refractivity contribution < 1.29 is 8.78 Å². The van der Waals surface area contributed by atoms with Crippen LogP contribution in [0.1, 0.15) is 22.5 Å². The van der Waals surface area contributed by atoms with Crippen LogP contribution >= 0.6 is 0 Å². The first kappa shape index (κ1) is 17.6. The van der Waals surface area contributed by atoms with Gasteiger partial charge in [0.2, 0.25) is 0 Å². The molecule has 3 rings (SSSR count). The van der Waals surface area contributed by atoms with E-state index in [1.165, 1.54) is 24.3 Å². The summed E-state index contributed by atoms with van der Waals surface area (Å²) in [6.45, 7) is 3.73. The Morgan fingerprint density at radius 2 is 1.19 bits per heavy atom. The van der Waals surface area contributed by atoms with Gasteiger partial charge in [-0.25, -0.2) is 13.8 Å². The van der Waals surface area contributed by atoms with Crippen molar-refractivity contribution in [2.75, 3.05) is 0 Å². The summed E-state index contributed by atoms with van der Waals surface area (Å²) in [4.78, 5) is 13.0. The minimum absolute atomic E-state index is 0.331. The number of nitrogens with zero attached hydrogens (tertiary/aromatic N) is 3. The number of aromatic nitrogens is 1. The predicted molar refractivity (Wildman–Crippen MR) is 101 cm³/mol. The molecule has 130 valence electrons. The quantitative estimate of drug-likeness (QED) is 0.575. The molecule has 0 fully saturated rings. The molecule has 0 saturated carbocycles. The molecule has 1 aromatic heterocycles. The molecule has 0 saturated heterocycles. The number of hydrogen-bond donors (Lipinski definition) is 0. The maximum Gasteiger partial charge on any atom is 0.125 e. The molecule has 1 heterocycles. The summed E-state index contributed by atoms with van der Waals surface area (Å²) in [5.74, 6) is -0.663. The van der Waals surface area contributed by atoms with Gasteiger partial charge < -0.3 is 0 Å². The van der Waals surface area contributed by atoms with Crippen LogP contribution < -0.4 is 0 Å². The van der Waals surface area contributed by atoms with Crippen LogP contribution in [0.4, 0.5) is 20.2 Å². The van der Waals surface area contributed by atoms with Crippen LogP contribution in [0.2, 0.25) is 0 Å². The lowest BCUT2D eigenvalue weighted by Crippen LogP contribution is -1.93. The number of benzene rings is 2. The van der Waals surface area contributed by atoms with Gasteiger partial charge in [0, 0.05) is 0 Å². The molecule has 0 aliphatic rings. The van der Waals surface area contributed by atoms with Crippen LogP contribution in [0.15, 0.2) is 64.6 Å². The number of rotatable bonds is 4. The van der Waals surface area contributed by atoms with Gasteiger partial charge in [0.15, 0.2) is 0 Å². The van der Waals surface area contributed by atoms with E-state index >= 15 is 0 Å². The monoisotopic (exact) mass is 349 g/mol. The highest BCUT2D eigenvalue weighted by molar-refractivity contribution is 5.84. The first-order valence-corrected chi connectivity index (χ1v) is 8.09. The molecule has 0 aliphatic heterocycles. The van der Waals surface area contributed by atoms with E-state index in [2.05, 4.69) is 15.0 Å². The minimum Gasteiger partial charge on any atom is -0.254 e. The van der Waals surface area contributed by atoms with E-state index in [4.69, 9.17) is 0 Å². The molecule has 3 nitrogen and oxygen atoms in total. The number of pyridine rings is 1. The van der Waals surface area contributed by atoms with Gasteiger partial charge in [-0.3, -0.25) is 9.98 Å². The molecule has 26 heavy (non-hydrogen) atoms. The number of halogens is 2. The van der Waals surface area contributed by atoms with Gasteiger partial charge in [0.05, 0.1) is 35.2 Å². The van der Waals surface area contributed by atoms with Crippen molar-refractivity contribution in [3.63, 3.8) is 0 Å². The predicted octanol–water partition coefficient (Wildman–Crippen LogP) is 5.48. The highest BCUT2D eigenvalue weighted by Gasteiger charge is 2.00. The summed E-state index contributed by atoms with van der Waals surface area (Å²) >= 11 is 0. The molecule has 0 radical (unpaired) electrons. The fraction of sp³-hybridized carbons (Fsp3) is 0.0952. The highest BCUT2D eigenvalue weighted by Crippen LogP contribution is 2.20. The van der Waals surface area contributed by atoms with Crippen molar-refractivity contribution in [2.24, 2.45) is 9.98 Å². The molecule has 5 heteroatoms. The van der Waals surface area contributed by atoms with E-state index in [1.807, 2.05) is 19.9 Å². The van der Waals surface area contributed by atoms with Gasteiger partial charge in [-0.1, -0.05) is 18.2 Å². The number of aliphatic imine (C=N–C) groups is 2. The second-order valence-corrected chi connectivity index (χ2v) is 5.87. The van der Waals surface area contributed by atoms with Crippen LogP contribution in [0.5, 0.6) is 0 Å². The van der Waals surface area contributed by atoms with Crippen LogP contribution in [0, 0.1) is 25.5 Å². The summed E-state index contributed by atoms with van der Waals surface area (Å²) in [6, 6.07) is 14.3. The summed E-state index contributed by atoms with van der Waals surface area (Å²) < 4.78 is 26.7. The molecule has 0 unspecified atom stereocenters.